The molecule has 0 unspecified atom stereocenters. The monoisotopic (exact) mass is 488 g/mol. The molecule has 0 aliphatic carbocycles. The highest BCUT2D eigenvalue weighted by Crippen LogP contribution is 2.47. The van der Waals surface area contributed by atoms with Crippen LogP contribution in [0.4, 0.5) is 0 Å². The zero-order valence-corrected chi connectivity index (χ0v) is 20.2. The first-order valence-corrected chi connectivity index (χ1v) is 12.6. The molecule has 0 saturated heterocycles. The number of benzene rings is 5. The highest BCUT2D eigenvalue weighted by molar-refractivity contribution is 6.17. The van der Waals surface area contributed by atoms with Crippen LogP contribution in [0.3, 0.4) is 0 Å². The van der Waals surface area contributed by atoms with E-state index in [1.54, 1.807) is 0 Å². The van der Waals surface area contributed by atoms with Gasteiger partial charge in [0.1, 0.15) is 0 Å². The lowest BCUT2D eigenvalue weighted by atomic mass is 10.1. The Kier molecular flexibility index (Phi) is 4.45. The number of nitrogens with zero attached hydrogens (tertiary/aromatic N) is 4. The lowest BCUT2D eigenvalue weighted by Gasteiger charge is -2.20. The second-order valence-corrected chi connectivity index (χ2v) is 9.30. The molecule has 0 fully saturated rings. The average Bonchev–Trinajstić information content (AvgIpc) is 3.34. The normalized spacial score (nSPS) is 11.9. The first-order chi connectivity index (χ1) is 18.8. The molecule has 3 heterocycles. The molecule has 38 heavy (non-hydrogen) atoms. The molecule has 2 aromatic heterocycles. The van der Waals surface area contributed by atoms with E-state index in [4.69, 9.17) is 19.7 Å². The summed E-state index contributed by atoms with van der Waals surface area (Å²) in [5.41, 5.74) is 6.02. The Morgan fingerprint density at radius 3 is 1.84 bits per heavy atom. The van der Waals surface area contributed by atoms with Gasteiger partial charge in [0.05, 0.1) is 16.7 Å². The Bertz CT molecular complexity index is 1940. The number of rotatable bonds is 3. The van der Waals surface area contributed by atoms with Gasteiger partial charge in [-0.05, 0) is 24.3 Å². The minimum Gasteiger partial charge on any atom is -0.453 e. The van der Waals surface area contributed by atoms with Gasteiger partial charge in [-0.3, -0.25) is 0 Å². The van der Waals surface area contributed by atoms with E-state index >= 15 is 0 Å². The van der Waals surface area contributed by atoms with Crippen LogP contribution in [0.1, 0.15) is 0 Å². The molecule has 5 aromatic carbocycles. The molecule has 0 bridgehead atoms. The number of hydrogen-bond donors (Lipinski definition) is 0. The van der Waals surface area contributed by atoms with Crippen LogP contribution in [0.2, 0.25) is 0 Å². The van der Waals surface area contributed by atoms with Gasteiger partial charge >= 0.3 is 0 Å². The average molecular weight is 489 g/mol. The highest BCUT2D eigenvalue weighted by atomic mass is 16.5. The van der Waals surface area contributed by atoms with Crippen molar-refractivity contribution in [1.29, 1.82) is 0 Å². The van der Waals surface area contributed by atoms with Crippen molar-refractivity contribution >= 4 is 21.8 Å². The van der Waals surface area contributed by atoms with Crippen molar-refractivity contribution in [1.82, 2.24) is 19.5 Å². The molecule has 1 aliphatic heterocycles. The molecule has 0 amide bonds. The van der Waals surface area contributed by atoms with Gasteiger partial charge in [0.25, 0.3) is 0 Å². The topological polar surface area (TPSA) is 52.8 Å². The number of aromatic nitrogens is 4. The Morgan fingerprint density at radius 1 is 0.500 bits per heavy atom. The lowest BCUT2D eigenvalue weighted by Crippen LogP contribution is -2.03. The summed E-state index contributed by atoms with van der Waals surface area (Å²) < 4.78 is 8.61. The molecule has 1 aliphatic rings. The van der Waals surface area contributed by atoms with Crippen molar-refractivity contribution in [3.8, 4) is 51.3 Å². The Balaban J connectivity index is 1.46. The molecule has 5 nitrogen and oxygen atoms in total. The maximum Gasteiger partial charge on any atom is 0.164 e. The number of ether oxygens (including phenoxy) is 1. The van der Waals surface area contributed by atoms with Crippen LogP contribution in [-0.2, 0) is 0 Å². The second kappa shape index (κ2) is 8.11. The largest absolute Gasteiger partial charge is 0.453 e. The van der Waals surface area contributed by atoms with Gasteiger partial charge in [0, 0.05) is 27.5 Å². The molecule has 178 valence electrons. The molecule has 8 rings (SSSR count). The molecule has 7 aromatic rings. The van der Waals surface area contributed by atoms with Crippen LogP contribution in [0, 0.1) is 0 Å². The van der Waals surface area contributed by atoms with Gasteiger partial charge in [0.15, 0.2) is 29.0 Å². The summed E-state index contributed by atoms with van der Waals surface area (Å²) in [6, 6.07) is 40.8. The second-order valence-electron chi connectivity index (χ2n) is 9.30. The lowest BCUT2D eigenvalue weighted by molar-refractivity contribution is 0.476. The maximum atomic E-state index is 6.32. The molecular formula is C33H20N4O. The van der Waals surface area contributed by atoms with E-state index in [1.165, 1.54) is 0 Å². The fourth-order valence-electron chi connectivity index (χ4n) is 5.38. The molecular weight excluding hydrogens is 468 g/mol. The standard InChI is InChI=1S/C33H20N4O/c1-3-11-21(12-4-1)31-34-32(22-13-5-2-6-14-22)36-33(35-31)24-16-9-18-26-29(24)23-15-10-20-28-30(23)37(26)25-17-7-8-19-27(25)38-28/h1-20H. The van der Waals surface area contributed by atoms with Crippen LogP contribution < -0.4 is 4.74 Å². The maximum absolute atomic E-state index is 6.32. The summed E-state index contributed by atoms with van der Waals surface area (Å²) >= 11 is 0. The first-order valence-electron chi connectivity index (χ1n) is 12.6. The quantitative estimate of drug-likeness (QED) is 0.252. The zero-order chi connectivity index (χ0) is 25.1. The minimum absolute atomic E-state index is 0.640. The minimum atomic E-state index is 0.640. The van der Waals surface area contributed by atoms with Crippen molar-refractivity contribution in [2.45, 2.75) is 0 Å². The summed E-state index contributed by atoms with van der Waals surface area (Å²) in [5.74, 6) is 3.62. The first kappa shape index (κ1) is 20.9. The molecule has 0 atom stereocenters. The van der Waals surface area contributed by atoms with E-state index in [-0.39, 0.29) is 0 Å². The van der Waals surface area contributed by atoms with Gasteiger partial charge in [-0.2, -0.15) is 0 Å². The summed E-state index contributed by atoms with van der Waals surface area (Å²) in [7, 11) is 0. The SMILES string of the molecule is c1ccc(-c2nc(-c3ccccc3)nc(-c3cccc4c3c3cccc5c3n4-c3ccccc3O5)n2)cc1. The van der Waals surface area contributed by atoms with Gasteiger partial charge in [-0.1, -0.05) is 97.1 Å². The van der Waals surface area contributed by atoms with Gasteiger partial charge in [-0.15, -0.1) is 0 Å². The van der Waals surface area contributed by atoms with Gasteiger partial charge in [0.2, 0.25) is 0 Å². The van der Waals surface area contributed by atoms with Crippen LogP contribution in [-0.4, -0.2) is 19.5 Å². The van der Waals surface area contributed by atoms with E-state index in [0.717, 1.165) is 55.7 Å². The Labute approximate surface area is 218 Å². The Morgan fingerprint density at radius 2 is 1.11 bits per heavy atom. The third-order valence-electron chi connectivity index (χ3n) is 7.04. The van der Waals surface area contributed by atoms with Crippen LogP contribution in [0.25, 0.3) is 61.7 Å². The van der Waals surface area contributed by atoms with E-state index in [9.17, 15) is 0 Å². The highest BCUT2D eigenvalue weighted by Gasteiger charge is 2.25. The molecule has 0 N–H and O–H groups in total. The fourth-order valence-corrected chi connectivity index (χ4v) is 5.38. The third kappa shape index (κ3) is 3.09. The number of para-hydroxylation sites is 3. The van der Waals surface area contributed by atoms with Gasteiger partial charge < -0.3 is 9.30 Å². The predicted octanol–water partition coefficient (Wildman–Crippen LogP) is 8.08. The molecule has 0 saturated carbocycles. The number of hydrogen-bond acceptors (Lipinski definition) is 4. The van der Waals surface area contributed by atoms with E-state index in [0.29, 0.717) is 17.5 Å². The van der Waals surface area contributed by atoms with Crippen molar-refractivity contribution in [3.05, 3.63) is 121 Å². The summed E-state index contributed by atoms with van der Waals surface area (Å²) in [5, 5.41) is 2.19. The zero-order valence-electron chi connectivity index (χ0n) is 20.2. The molecule has 0 spiro atoms. The summed E-state index contributed by atoms with van der Waals surface area (Å²) in [6.45, 7) is 0. The van der Waals surface area contributed by atoms with E-state index in [2.05, 4.69) is 34.9 Å². The molecule has 5 heteroatoms. The fraction of sp³-hybridized carbons (Fsp3) is 0. The van der Waals surface area contributed by atoms with E-state index in [1.807, 2.05) is 91.0 Å². The van der Waals surface area contributed by atoms with E-state index < -0.39 is 0 Å². The number of fused-ring (bicyclic) bond motifs is 5. The Hall–Kier alpha value is -5.29. The smallest absolute Gasteiger partial charge is 0.164 e. The third-order valence-corrected chi connectivity index (χ3v) is 7.04. The van der Waals surface area contributed by atoms with Crippen LogP contribution in [0.15, 0.2) is 121 Å². The summed E-state index contributed by atoms with van der Waals surface area (Å²) in [6.07, 6.45) is 0. The van der Waals surface area contributed by atoms with Crippen LogP contribution >= 0.6 is 0 Å². The van der Waals surface area contributed by atoms with Crippen molar-refractivity contribution in [2.24, 2.45) is 0 Å². The predicted molar refractivity (Wildman–Crippen MR) is 151 cm³/mol. The van der Waals surface area contributed by atoms with Crippen molar-refractivity contribution < 1.29 is 4.74 Å². The van der Waals surface area contributed by atoms with Crippen molar-refractivity contribution in [3.63, 3.8) is 0 Å². The van der Waals surface area contributed by atoms with Crippen LogP contribution in [0.5, 0.6) is 11.5 Å². The molecule has 0 radical (unpaired) electrons. The summed E-state index contributed by atoms with van der Waals surface area (Å²) in [4.78, 5) is 14.9. The van der Waals surface area contributed by atoms with Gasteiger partial charge in [-0.25, -0.2) is 15.0 Å². The van der Waals surface area contributed by atoms with Crippen molar-refractivity contribution in [2.75, 3.05) is 0 Å².